The molecule has 0 saturated carbocycles. The van der Waals surface area contributed by atoms with Crippen LogP contribution in [0.15, 0.2) is 0 Å². The van der Waals surface area contributed by atoms with Crippen LogP contribution in [0, 0.1) is 0 Å². The molecule has 0 aliphatic carbocycles. The van der Waals surface area contributed by atoms with Crippen LogP contribution in [0.4, 0.5) is 0 Å². The molecular formula is C3H6O5. The minimum absolute atomic E-state index is 0.801. The van der Waals surface area contributed by atoms with Gasteiger partial charge in [0.15, 0.2) is 0 Å². The SMILES string of the molecule is CC(O)(OO)C(=O)O. The first kappa shape index (κ1) is 7.35. The molecule has 0 rings (SSSR count). The van der Waals surface area contributed by atoms with E-state index in [4.69, 9.17) is 15.5 Å². The first-order valence-electron chi connectivity index (χ1n) is 1.79. The summed E-state index contributed by atoms with van der Waals surface area (Å²) in [7, 11) is 0. The van der Waals surface area contributed by atoms with E-state index in [1.165, 1.54) is 0 Å². The Morgan fingerprint density at radius 2 is 2.12 bits per heavy atom. The first-order valence-corrected chi connectivity index (χ1v) is 1.79. The summed E-state index contributed by atoms with van der Waals surface area (Å²) in [6, 6.07) is 0. The maximum atomic E-state index is 9.72. The molecule has 0 spiro atoms. The molecule has 48 valence electrons. The zero-order valence-corrected chi connectivity index (χ0v) is 4.16. The van der Waals surface area contributed by atoms with Crippen LogP contribution in [0.2, 0.25) is 0 Å². The summed E-state index contributed by atoms with van der Waals surface area (Å²) in [5.74, 6) is -4.12. The smallest absolute Gasteiger partial charge is 0.366 e. The third-order valence-corrected chi connectivity index (χ3v) is 0.575. The molecule has 0 aromatic carbocycles. The van der Waals surface area contributed by atoms with Crippen molar-refractivity contribution in [1.82, 2.24) is 0 Å². The van der Waals surface area contributed by atoms with Crippen molar-refractivity contribution in [1.29, 1.82) is 0 Å². The minimum atomic E-state index is -2.49. The molecule has 1 atom stereocenters. The summed E-state index contributed by atoms with van der Waals surface area (Å²) < 4.78 is 0. The van der Waals surface area contributed by atoms with Crippen LogP contribution >= 0.6 is 0 Å². The van der Waals surface area contributed by atoms with E-state index in [1.807, 2.05) is 0 Å². The molecule has 0 radical (unpaired) electrons. The zero-order valence-electron chi connectivity index (χ0n) is 4.16. The van der Waals surface area contributed by atoms with E-state index in [1.54, 1.807) is 0 Å². The van der Waals surface area contributed by atoms with Gasteiger partial charge in [0.1, 0.15) is 0 Å². The third kappa shape index (κ3) is 1.45. The topological polar surface area (TPSA) is 87.0 Å². The molecule has 0 fully saturated rings. The lowest BCUT2D eigenvalue weighted by molar-refractivity contribution is -0.372. The number of aliphatic carboxylic acids is 1. The van der Waals surface area contributed by atoms with Gasteiger partial charge in [-0.05, 0) is 0 Å². The van der Waals surface area contributed by atoms with E-state index in [0.29, 0.717) is 0 Å². The van der Waals surface area contributed by atoms with Crippen LogP contribution in [0.1, 0.15) is 6.92 Å². The van der Waals surface area contributed by atoms with E-state index in [2.05, 4.69) is 4.89 Å². The maximum absolute atomic E-state index is 9.72. The first-order chi connectivity index (χ1) is 3.50. The zero-order chi connectivity index (χ0) is 6.78. The van der Waals surface area contributed by atoms with E-state index in [-0.39, 0.29) is 0 Å². The number of carboxylic acids is 1. The molecule has 5 nitrogen and oxygen atoms in total. The number of aliphatic hydroxyl groups is 1. The average Bonchev–Trinajstić information content (AvgIpc) is 1.67. The minimum Gasteiger partial charge on any atom is -0.477 e. The number of carboxylic acid groups (broad SMARTS) is 1. The van der Waals surface area contributed by atoms with Crippen molar-refractivity contribution in [3.63, 3.8) is 0 Å². The van der Waals surface area contributed by atoms with Gasteiger partial charge < -0.3 is 10.2 Å². The summed E-state index contributed by atoms with van der Waals surface area (Å²) in [4.78, 5) is 12.9. The summed E-state index contributed by atoms with van der Waals surface area (Å²) in [5.41, 5.74) is 0. The highest BCUT2D eigenvalue weighted by atomic mass is 17.1. The summed E-state index contributed by atoms with van der Waals surface area (Å²) >= 11 is 0. The molecule has 0 amide bonds. The molecule has 0 aliphatic rings. The molecular weight excluding hydrogens is 116 g/mol. The molecule has 0 saturated heterocycles. The number of hydrogen-bond acceptors (Lipinski definition) is 4. The lowest BCUT2D eigenvalue weighted by Crippen LogP contribution is -2.36. The molecule has 5 heteroatoms. The van der Waals surface area contributed by atoms with Gasteiger partial charge >= 0.3 is 5.97 Å². The Hall–Kier alpha value is -0.650. The quantitative estimate of drug-likeness (QED) is 0.255. The molecule has 0 aromatic heterocycles. The Bertz CT molecular complexity index is 95.8. The molecule has 3 N–H and O–H groups in total. The van der Waals surface area contributed by atoms with E-state index in [9.17, 15) is 4.79 Å². The Kier molecular flexibility index (Phi) is 1.91. The maximum Gasteiger partial charge on any atom is 0.366 e. The van der Waals surface area contributed by atoms with Gasteiger partial charge in [-0.25, -0.2) is 10.1 Å². The Balaban J connectivity index is 3.91. The van der Waals surface area contributed by atoms with Crippen molar-refractivity contribution in [2.24, 2.45) is 0 Å². The molecule has 0 aromatic rings. The summed E-state index contributed by atoms with van der Waals surface area (Å²) in [6.45, 7) is 0.801. The van der Waals surface area contributed by atoms with Gasteiger partial charge in [-0.15, -0.1) is 0 Å². The fourth-order valence-electron chi connectivity index (χ4n) is 0.0390. The van der Waals surface area contributed by atoms with Gasteiger partial charge in [-0.3, -0.25) is 0 Å². The van der Waals surface area contributed by atoms with E-state index in [0.717, 1.165) is 6.92 Å². The third-order valence-electron chi connectivity index (χ3n) is 0.575. The van der Waals surface area contributed by atoms with Crippen molar-refractivity contribution >= 4 is 5.97 Å². The van der Waals surface area contributed by atoms with Crippen LogP contribution in [0.5, 0.6) is 0 Å². The highest BCUT2D eigenvalue weighted by Crippen LogP contribution is 2.01. The van der Waals surface area contributed by atoms with Crippen LogP contribution in [0.3, 0.4) is 0 Å². The monoisotopic (exact) mass is 122 g/mol. The van der Waals surface area contributed by atoms with Crippen LogP contribution in [0.25, 0.3) is 0 Å². The van der Waals surface area contributed by atoms with Gasteiger partial charge in [-0.2, -0.15) is 4.89 Å². The van der Waals surface area contributed by atoms with Crippen molar-refractivity contribution in [3.8, 4) is 0 Å². The highest BCUT2D eigenvalue weighted by Gasteiger charge is 2.31. The molecule has 8 heavy (non-hydrogen) atoms. The Morgan fingerprint density at radius 1 is 1.75 bits per heavy atom. The van der Waals surface area contributed by atoms with E-state index >= 15 is 0 Å². The van der Waals surface area contributed by atoms with Crippen molar-refractivity contribution < 1.29 is 25.2 Å². The van der Waals surface area contributed by atoms with Gasteiger partial charge in [0.25, 0.3) is 5.79 Å². The fourth-order valence-corrected chi connectivity index (χ4v) is 0.0390. The second-order valence-corrected chi connectivity index (χ2v) is 1.38. The normalized spacial score (nSPS) is 17.4. The lowest BCUT2D eigenvalue weighted by Gasteiger charge is -2.11. The van der Waals surface area contributed by atoms with Crippen LogP contribution < -0.4 is 0 Å². The van der Waals surface area contributed by atoms with Crippen molar-refractivity contribution in [2.45, 2.75) is 12.7 Å². The van der Waals surface area contributed by atoms with Gasteiger partial charge in [0.05, 0.1) is 0 Å². The predicted octanol–water partition coefficient (Wildman–Crippen LogP) is -0.731. The lowest BCUT2D eigenvalue weighted by atomic mass is 10.3. The predicted molar refractivity (Wildman–Crippen MR) is 22.0 cm³/mol. The van der Waals surface area contributed by atoms with Crippen LogP contribution in [-0.4, -0.2) is 27.2 Å². The van der Waals surface area contributed by atoms with Gasteiger partial charge in [0.2, 0.25) is 0 Å². The average molecular weight is 122 g/mol. The van der Waals surface area contributed by atoms with Gasteiger partial charge in [0, 0.05) is 6.92 Å². The molecule has 0 heterocycles. The second-order valence-electron chi connectivity index (χ2n) is 1.38. The summed E-state index contributed by atoms with van der Waals surface area (Å²) in [5, 5.41) is 23.9. The number of carbonyl (C=O) groups is 1. The summed E-state index contributed by atoms with van der Waals surface area (Å²) in [6.07, 6.45) is 0. The number of hydrogen-bond donors (Lipinski definition) is 3. The van der Waals surface area contributed by atoms with E-state index < -0.39 is 11.8 Å². The standard InChI is InChI=1S/C3H6O5/c1-3(6,8-7)2(4)5/h6-7H,1H3,(H,4,5). The number of rotatable bonds is 2. The van der Waals surface area contributed by atoms with Gasteiger partial charge in [-0.1, -0.05) is 0 Å². The van der Waals surface area contributed by atoms with Crippen LogP contribution in [-0.2, 0) is 9.68 Å². The second kappa shape index (κ2) is 2.08. The molecule has 0 aliphatic heterocycles. The van der Waals surface area contributed by atoms with Crippen molar-refractivity contribution in [2.75, 3.05) is 0 Å². The van der Waals surface area contributed by atoms with Crippen molar-refractivity contribution in [3.05, 3.63) is 0 Å². The Labute approximate surface area is 45.1 Å². The molecule has 0 bridgehead atoms. The highest BCUT2D eigenvalue weighted by molar-refractivity contribution is 5.74. The largest absolute Gasteiger partial charge is 0.477 e. The molecule has 1 unspecified atom stereocenters. The fraction of sp³-hybridized carbons (Fsp3) is 0.667. The Morgan fingerprint density at radius 3 is 2.12 bits per heavy atom.